The molecule has 1 saturated heterocycles. The molecule has 31 heavy (non-hydrogen) atoms. The van der Waals surface area contributed by atoms with E-state index in [1.807, 2.05) is 42.5 Å². The van der Waals surface area contributed by atoms with Crippen molar-refractivity contribution in [3.63, 3.8) is 0 Å². The molecule has 2 aromatic rings. The van der Waals surface area contributed by atoms with Crippen LogP contribution >= 0.6 is 23.8 Å². The van der Waals surface area contributed by atoms with Gasteiger partial charge in [0.1, 0.15) is 6.04 Å². The number of carbonyl (C=O) groups excluding carboxylic acids is 1. The van der Waals surface area contributed by atoms with Crippen molar-refractivity contribution in [2.75, 3.05) is 38.5 Å². The lowest BCUT2D eigenvalue weighted by molar-refractivity contribution is -0.122. The van der Waals surface area contributed by atoms with Crippen LogP contribution in [0.25, 0.3) is 0 Å². The van der Waals surface area contributed by atoms with E-state index in [2.05, 4.69) is 33.2 Å². The Labute approximate surface area is 194 Å². The minimum absolute atomic E-state index is 0.114. The second-order valence-corrected chi connectivity index (χ2v) is 8.62. The molecule has 0 aromatic heterocycles. The molecular formula is C23H30ClN5OS. The number of halogens is 1. The number of carbonyl (C=O) groups is 1. The van der Waals surface area contributed by atoms with E-state index < -0.39 is 6.04 Å². The van der Waals surface area contributed by atoms with Crippen LogP contribution in [0.2, 0.25) is 5.02 Å². The first-order chi connectivity index (χ1) is 15.0. The van der Waals surface area contributed by atoms with Gasteiger partial charge in [0.05, 0.1) is 0 Å². The Morgan fingerprint density at radius 1 is 1.10 bits per heavy atom. The van der Waals surface area contributed by atoms with E-state index in [9.17, 15) is 4.79 Å². The molecule has 8 heteroatoms. The molecule has 3 rings (SSSR count). The quantitative estimate of drug-likeness (QED) is 0.359. The minimum Gasteiger partial charge on any atom is -0.353 e. The zero-order valence-corrected chi connectivity index (χ0v) is 19.3. The van der Waals surface area contributed by atoms with Crippen molar-refractivity contribution in [1.29, 1.82) is 0 Å². The SMILES string of the molecule is CN1CCC(NCCNC(=O)[C@@H](NC(=S)Nc2ccc(Cl)cc2)c2ccccc2)CC1. The Morgan fingerprint density at radius 3 is 2.45 bits per heavy atom. The van der Waals surface area contributed by atoms with Gasteiger partial charge in [-0.05, 0) is 75.0 Å². The third-order valence-electron chi connectivity index (χ3n) is 5.35. The number of likely N-dealkylation sites (tertiary alicyclic amines) is 1. The Hall–Kier alpha value is -2.19. The lowest BCUT2D eigenvalue weighted by Crippen LogP contribution is -2.46. The third-order valence-corrected chi connectivity index (χ3v) is 5.82. The van der Waals surface area contributed by atoms with E-state index in [4.69, 9.17) is 23.8 Å². The molecule has 2 aromatic carbocycles. The van der Waals surface area contributed by atoms with Gasteiger partial charge in [-0.25, -0.2) is 0 Å². The van der Waals surface area contributed by atoms with E-state index in [0.717, 1.165) is 43.7 Å². The molecule has 0 bridgehead atoms. The Bertz CT molecular complexity index is 841. The average molecular weight is 460 g/mol. The van der Waals surface area contributed by atoms with Crippen molar-refractivity contribution < 1.29 is 4.79 Å². The van der Waals surface area contributed by atoms with Gasteiger partial charge in [0.2, 0.25) is 5.91 Å². The lowest BCUT2D eigenvalue weighted by Gasteiger charge is -2.29. The summed E-state index contributed by atoms with van der Waals surface area (Å²) in [5, 5.41) is 13.8. The summed E-state index contributed by atoms with van der Waals surface area (Å²) in [6, 6.07) is 16.8. The van der Waals surface area contributed by atoms with E-state index >= 15 is 0 Å². The number of nitrogens with zero attached hydrogens (tertiary/aromatic N) is 1. The molecular weight excluding hydrogens is 430 g/mol. The normalized spacial score (nSPS) is 15.8. The maximum absolute atomic E-state index is 13.0. The molecule has 0 spiro atoms. The predicted octanol–water partition coefficient (Wildman–Crippen LogP) is 3.17. The molecule has 0 radical (unpaired) electrons. The highest BCUT2D eigenvalue weighted by Crippen LogP contribution is 2.16. The van der Waals surface area contributed by atoms with Crippen LogP contribution in [0, 0.1) is 0 Å². The third kappa shape index (κ3) is 7.78. The average Bonchev–Trinajstić information content (AvgIpc) is 2.78. The van der Waals surface area contributed by atoms with Gasteiger partial charge >= 0.3 is 0 Å². The number of amides is 1. The predicted molar refractivity (Wildman–Crippen MR) is 132 cm³/mol. The van der Waals surface area contributed by atoms with E-state index in [1.54, 1.807) is 12.1 Å². The first kappa shape index (κ1) is 23.5. The van der Waals surface area contributed by atoms with E-state index in [0.29, 0.717) is 22.7 Å². The van der Waals surface area contributed by atoms with Gasteiger partial charge in [0.25, 0.3) is 0 Å². The van der Waals surface area contributed by atoms with Crippen LogP contribution in [0.15, 0.2) is 54.6 Å². The van der Waals surface area contributed by atoms with Gasteiger partial charge in [-0.2, -0.15) is 0 Å². The van der Waals surface area contributed by atoms with Crippen LogP contribution < -0.4 is 21.3 Å². The van der Waals surface area contributed by atoms with Crippen LogP contribution in [-0.2, 0) is 4.79 Å². The molecule has 4 N–H and O–H groups in total. The highest BCUT2D eigenvalue weighted by Gasteiger charge is 2.21. The monoisotopic (exact) mass is 459 g/mol. The smallest absolute Gasteiger partial charge is 0.247 e. The molecule has 1 fully saturated rings. The first-order valence-corrected chi connectivity index (χ1v) is 11.4. The molecule has 0 unspecified atom stereocenters. The molecule has 166 valence electrons. The van der Waals surface area contributed by atoms with Crippen molar-refractivity contribution in [2.24, 2.45) is 0 Å². The van der Waals surface area contributed by atoms with Gasteiger partial charge in [-0.3, -0.25) is 4.79 Å². The summed E-state index contributed by atoms with van der Waals surface area (Å²) in [6.45, 7) is 3.53. The van der Waals surface area contributed by atoms with Gasteiger partial charge in [-0.15, -0.1) is 0 Å². The van der Waals surface area contributed by atoms with Crippen LogP contribution in [0.5, 0.6) is 0 Å². The second-order valence-electron chi connectivity index (χ2n) is 7.77. The summed E-state index contributed by atoms with van der Waals surface area (Å²) in [6.07, 6.45) is 2.28. The molecule has 1 atom stereocenters. The van der Waals surface area contributed by atoms with Gasteiger partial charge < -0.3 is 26.2 Å². The van der Waals surface area contributed by atoms with Crippen LogP contribution in [0.4, 0.5) is 5.69 Å². The molecule has 1 heterocycles. The van der Waals surface area contributed by atoms with Gasteiger partial charge in [0, 0.05) is 29.8 Å². The largest absolute Gasteiger partial charge is 0.353 e. The zero-order chi connectivity index (χ0) is 22.1. The minimum atomic E-state index is -0.586. The molecule has 0 saturated carbocycles. The highest BCUT2D eigenvalue weighted by molar-refractivity contribution is 7.80. The van der Waals surface area contributed by atoms with E-state index in [1.165, 1.54) is 0 Å². The van der Waals surface area contributed by atoms with Crippen molar-refractivity contribution in [1.82, 2.24) is 20.9 Å². The number of hydrogen-bond acceptors (Lipinski definition) is 4. The Balaban J connectivity index is 1.52. The van der Waals surface area contributed by atoms with Crippen LogP contribution in [0.1, 0.15) is 24.4 Å². The first-order valence-electron chi connectivity index (χ1n) is 10.6. The fourth-order valence-electron chi connectivity index (χ4n) is 3.55. The standard InChI is InChI=1S/C23H30ClN5OS/c1-29-15-11-19(12-16-29)25-13-14-26-22(30)21(17-5-3-2-4-6-17)28-23(31)27-20-9-7-18(24)8-10-20/h2-10,19,21,25H,11-16H2,1H3,(H,26,30)(H2,27,28,31)/t21-/m0/s1. The van der Waals surface area contributed by atoms with Crippen LogP contribution in [0.3, 0.4) is 0 Å². The number of nitrogens with one attached hydrogen (secondary N) is 4. The van der Waals surface area contributed by atoms with Gasteiger partial charge in [0.15, 0.2) is 5.11 Å². The second kappa shape index (κ2) is 12.0. The van der Waals surface area contributed by atoms with Gasteiger partial charge in [-0.1, -0.05) is 41.9 Å². The summed E-state index contributed by atoms with van der Waals surface area (Å²) >= 11 is 11.4. The number of piperidine rings is 1. The maximum atomic E-state index is 13.0. The van der Waals surface area contributed by atoms with E-state index in [-0.39, 0.29) is 5.91 Å². The van der Waals surface area contributed by atoms with Crippen molar-refractivity contribution >= 4 is 40.5 Å². The van der Waals surface area contributed by atoms with Crippen molar-refractivity contribution in [3.8, 4) is 0 Å². The number of anilines is 1. The summed E-state index contributed by atoms with van der Waals surface area (Å²) in [4.78, 5) is 15.3. The number of hydrogen-bond donors (Lipinski definition) is 4. The fraction of sp³-hybridized carbons (Fsp3) is 0.391. The van der Waals surface area contributed by atoms with Crippen molar-refractivity contribution in [2.45, 2.75) is 24.9 Å². The number of thiocarbonyl (C=S) groups is 1. The van der Waals surface area contributed by atoms with Crippen molar-refractivity contribution in [3.05, 3.63) is 65.2 Å². The molecule has 0 aliphatic carbocycles. The summed E-state index contributed by atoms with van der Waals surface area (Å²) in [5.41, 5.74) is 1.65. The Kier molecular flexibility index (Phi) is 9.09. The Morgan fingerprint density at radius 2 is 1.77 bits per heavy atom. The number of benzene rings is 2. The highest BCUT2D eigenvalue weighted by atomic mass is 35.5. The lowest BCUT2D eigenvalue weighted by atomic mass is 10.1. The molecule has 6 nitrogen and oxygen atoms in total. The van der Waals surface area contributed by atoms with Crippen LogP contribution in [-0.4, -0.2) is 55.2 Å². The maximum Gasteiger partial charge on any atom is 0.247 e. The fourth-order valence-corrected chi connectivity index (χ4v) is 3.92. The number of rotatable bonds is 8. The molecule has 1 aliphatic rings. The summed E-state index contributed by atoms with van der Waals surface area (Å²) in [5.74, 6) is -0.114. The molecule has 1 amide bonds. The molecule has 1 aliphatic heterocycles. The summed E-state index contributed by atoms with van der Waals surface area (Å²) in [7, 11) is 2.15. The topological polar surface area (TPSA) is 68.4 Å². The summed E-state index contributed by atoms with van der Waals surface area (Å²) < 4.78 is 0. The zero-order valence-electron chi connectivity index (χ0n) is 17.7.